The number of carbonyl (C=O) groups is 1. The Morgan fingerprint density at radius 2 is 2.07 bits per heavy atom. The largest absolute Gasteiger partial charge is 0.399 e. The van der Waals surface area contributed by atoms with E-state index in [1.54, 1.807) is 31.2 Å². The Hall–Kier alpha value is -3.19. The number of hydrogen-bond acceptors (Lipinski definition) is 4. The first-order chi connectivity index (χ1) is 13.4. The van der Waals surface area contributed by atoms with Gasteiger partial charge in [0, 0.05) is 23.9 Å². The molecule has 28 heavy (non-hydrogen) atoms. The van der Waals surface area contributed by atoms with Crippen molar-refractivity contribution in [1.82, 2.24) is 9.78 Å². The molecule has 0 aliphatic heterocycles. The molecule has 0 spiro atoms. The van der Waals surface area contributed by atoms with Crippen molar-refractivity contribution in [3.8, 4) is 11.1 Å². The predicted octanol–water partition coefficient (Wildman–Crippen LogP) is 4.42. The number of benzene rings is 2. The second-order valence-corrected chi connectivity index (χ2v) is 6.44. The van der Waals surface area contributed by atoms with Crippen LogP contribution in [0.5, 0.6) is 0 Å². The van der Waals surface area contributed by atoms with Gasteiger partial charge in [-0.25, -0.2) is 4.68 Å². The van der Waals surface area contributed by atoms with Crippen LogP contribution in [0.25, 0.3) is 11.1 Å². The lowest BCUT2D eigenvalue weighted by Crippen LogP contribution is -2.15. The summed E-state index contributed by atoms with van der Waals surface area (Å²) in [5.41, 5.74) is 3.00. The van der Waals surface area contributed by atoms with Gasteiger partial charge in [-0.2, -0.15) is 9.49 Å². The predicted molar refractivity (Wildman–Crippen MR) is 107 cm³/mol. The van der Waals surface area contributed by atoms with E-state index in [9.17, 15) is 9.18 Å². The number of nitrogens with zero attached hydrogens (tertiary/aromatic N) is 3. The lowest BCUT2D eigenvalue weighted by Gasteiger charge is -2.12. The minimum Gasteiger partial charge on any atom is -0.399 e. The third kappa shape index (κ3) is 3.89. The van der Waals surface area contributed by atoms with Crippen LogP contribution in [0.2, 0.25) is 5.02 Å². The summed E-state index contributed by atoms with van der Waals surface area (Å²) < 4.78 is 15.2. The lowest BCUT2D eigenvalue weighted by molar-refractivity contribution is 0.102. The molecule has 8 heteroatoms. The summed E-state index contributed by atoms with van der Waals surface area (Å²) in [6, 6.07) is 12.6. The summed E-state index contributed by atoms with van der Waals surface area (Å²) in [4.78, 5) is 17.3. The summed E-state index contributed by atoms with van der Waals surface area (Å²) in [5.74, 6) is -1.25. The highest BCUT2D eigenvalue weighted by Gasteiger charge is 2.21. The van der Waals surface area contributed by atoms with Gasteiger partial charge in [0.1, 0.15) is 12.7 Å². The summed E-state index contributed by atoms with van der Waals surface area (Å²) >= 11 is 6.32. The fraction of sp³-hybridized carbons (Fsp3) is 0.150. The SMILES string of the molecule is CON=Cc1ccc(-c2ccccc2NC(=O)c2c(C)nn(C)c2F)cc1Cl. The second-order valence-electron chi connectivity index (χ2n) is 6.03. The highest BCUT2D eigenvalue weighted by atomic mass is 35.5. The molecule has 3 rings (SSSR count). The maximum Gasteiger partial charge on any atom is 0.262 e. The molecule has 0 bridgehead atoms. The number of aromatic nitrogens is 2. The molecule has 1 aromatic heterocycles. The van der Waals surface area contributed by atoms with Crippen molar-refractivity contribution in [1.29, 1.82) is 0 Å². The molecular weight excluding hydrogens is 383 g/mol. The average molecular weight is 401 g/mol. The van der Waals surface area contributed by atoms with Crippen LogP contribution < -0.4 is 5.32 Å². The third-order valence-corrected chi connectivity index (χ3v) is 4.49. The van der Waals surface area contributed by atoms with Crippen LogP contribution in [0.4, 0.5) is 10.1 Å². The monoisotopic (exact) mass is 400 g/mol. The van der Waals surface area contributed by atoms with E-state index in [0.29, 0.717) is 22.0 Å². The fourth-order valence-corrected chi connectivity index (χ4v) is 3.05. The van der Waals surface area contributed by atoms with Crippen molar-refractivity contribution in [2.24, 2.45) is 12.2 Å². The number of para-hydroxylation sites is 1. The number of hydrogen-bond donors (Lipinski definition) is 1. The van der Waals surface area contributed by atoms with Gasteiger partial charge >= 0.3 is 0 Å². The molecule has 0 saturated carbocycles. The van der Waals surface area contributed by atoms with Gasteiger partial charge in [0.05, 0.1) is 16.9 Å². The van der Waals surface area contributed by atoms with E-state index in [-0.39, 0.29) is 5.56 Å². The molecule has 3 aromatic rings. The highest BCUT2D eigenvalue weighted by molar-refractivity contribution is 6.33. The Morgan fingerprint density at radius 1 is 1.32 bits per heavy atom. The van der Waals surface area contributed by atoms with Gasteiger partial charge in [0.15, 0.2) is 0 Å². The quantitative estimate of drug-likeness (QED) is 0.509. The normalized spacial score (nSPS) is 11.0. The smallest absolute Gasteiger partial charge is 0.262 e. The number of halogens is 2. The van der Waals surface area contributed by atoms with E-state index < -0.39 is 11.9 Å². The molecule has 0 unspecified atom stereocenters. The van der Waals surface area contributed by atoms with Crippen LogP contribution >= 0.6 is 11.6 Å². The number of nitrogens with one attached hydrogen (secondary N) is 1. The van der Waals surface area contributed by atoms with Crippen LogP contribution in [0.1, 0.15) is 21.6 Å². The molecule has 2 aromatic carbocycles. The zero-order valence-corrected chi connectivity index (χ0v) is 16.3. The molecule has 144 valence electrons. The summed E-state index contributed by atoms with van der Waals surface area (Å²) in [6.07, 6.45) is 1.51. The van der Waals surface area contributed by atoms with E-state index in [2.05, 4.69) is 20.4 Å². The molecule has 0 fully saturated rings. The first-order valence-corrected chi connectivity index (χ1v) is 8.76. The minimum atomic E-state index is -0.683. The van der Waals surface area contributed by atoms with Gasteiger partial charge < -0.3 is 10.2 Å². The van der Waals surface area contributed by atoms with E-state index >= 15 is 0 Å². The number of rotatable bonds is 5. The number of oxime groups is 1. The van der Waals surface area contributed by atoms with E-state index in [1.807, 2.05) is 18.2 Å². The Morgan fingerprint density at radius 3 is 2.71 bits per heavy atom. The molecule has 6 nitrogen and oxygen atoms in total. The Balaban J connectivity index is 1.95. The standard InChI is InChI=1S/C20H18ClFN4O2/c1-12-18(19(22)26(2)25-12)20(27)24-17-7-5-4-6-15(17)13-8-9-14(11-23-28-3)16(21)10-13/h4-11H,1-3H3,(H,24,27). The van der Waals surface area contributed by atoms with Crippen LogP contribution in [0, 0.1) is 12.9 Å². The second kappa shape index (κ2) is 8.22. The van der Waals surface area contributed by atoms with Crippen LogP contribution in [-0.4, -0.2) is 29.0 Å². The van der Waals surface area contributed by atoms with Gasteiger partial charge in [0.25, 0.3) is 5.91 Å². The van der Waals surface area contributed by atoms with E-state index in [1.165, 1.54) is 20.4 Å². The summed E-state index contributed by atoms with van der Waals surface area (Å²) in [7, 11) is 2.90. The maximum atomic E-state index is 14.2. The summed E-state index contributed by atoms with van der Waals surface area (Å²) in [6.45, 7) is 1.59. The molecule has 1 heterocycles. The molecule has 0 atom stereocenters. The van der Waals surface area contributed by atoms with Crippen LogP contribution in [0.3, 0.4) is 0 Å². The molecule has 1 amide bonds. The van der Waals surface area contributed by atoms with Crippen molar-refractivity contribution in [2.45, 2.75) is 6.92 Å². The number of anilines is 1. The van der Waals surface area contributed by atoms with Gasteiger partial charge in [-0.15, -0.1) is 0 Å². The molecule has 0 aliphatic rings. The average Bonchev–Trinajstić information content (AvgIpc) is 2.93. The van der Waals surface area contributed by atoms with Crippen molar-refractivity contribution < 1.29 is 14.0 Å². The van der Waals surface area contributed by atoms with Crippen molar-refractivity contribution in [3.63, 3.8) is 0 Å². The Kier molecular flexibility index (Phi) is 5.75. The highest BCUT2D eigenvalue weighted by Crippen LogP contribution is 2.31. The molecule has 0 aliphatic carbocycles. The Bertz CT molecular complexity index is 1060. The molecular formula is C20H18ClFN4O2. The maximum absolute atomic E-state index is 14.2. The van der Waals surface area contributed by atoms with Gasteiger partial charge in [-0.3, -0.25) is 4.79 Å². The molecule has 0 radical (unpaired) electrons. The lowest BCUT2D eigenvalue weighted by atomic mass is 10.0. The summed E-state index contributed by atoms with van der Waals surface area (Å²) in [5, 5.41) is 10.9. The third-order valence-electron chi connectivity index (χ3n) is 4.16. The van der Waals surface area contributed by atoms with Crippen LogP contribution in [0.15, 0.2) is 47.6 Å². The van der Waals surface area contributed by atoms with E-state index in [0.717, 1.165) is 15.8 Å². The fourth-order valence-electron chi connectivity index (χ4n) is 2.83. The van der Waals surface area contributed by atoms with Crippen molar-refractivity contribution in [3.05, 3.63) is 70.3 Å². The molecule has 1 N–H and O–H groups in total. The van der Waals surface area contributed by atoms with Gasteiger partial charge in [0.2, 0.25) is 5.95 Å². The zero-order valence-electron chi connectivity index (χ0n) is 15.5. The number of carbonyl (C=O) groups excluding carboxylic acids is 1. The first kappa shape index (κ1) is 19.6. The first-order valence-electron chi connectivity index (χ1n) is 8.38. The van der Waals surface area contributed by atoms with Crippen LogP contribution in [-0.2, 0) is 11.9 Å². The number of amides is 1. The molecule has 0 saturated heterocycles. The van der Waals surface area contributed by atoms with Gasteiger partial charge in [-0.05, 0) is 24.6 Å². The zero-order chi connectivity index (χ0) is 20.3. The van der Waals surface area contributed by atoms with Gasteiger partial charge in [-0.1, -0.05) is 47.1 Å². The van der Waals surface area contributed by atoms with Crippen molar-refractivity contribution in [2.75, 3.05) is 12.4 Å². The van der Waals surface area contributed by atoms with E-state index in [4.69, 9.17) is 11.6 Å². The number of aryl methyl sites for hydroxylation is 2. The Labute approximate surface area is 166 Å². The minimum absolute atomic E-state index is 0.0820. The van der Waals surface area contributed by atoms with Crippen molar-refractivity contribution >= 4 is 29.4 Å². The topological polar surface area (TPSA) is 68.5 Å².